The third-order valence-corrected chi connectivity index (χ3v) is 9.43. The van der Waals surface area contributed by atoms with Crippen LogP contribution in [0.5, 0.6) is 0 Å². The molecule has 0 aliphatic carbocycles. The highest BCUT2D eigenvalue weighted by Gasteiger charge is 2.18. The lowest BCUT2D eigenvalue weighted by Gasteiger charge is -2.14. The predicted molar refractivity (Wildman–Crippen MR) is 199 cm³/mol. The van der Waals surface area contributed by atoms with Crippen LogP contribution in [0.2, 0.25) is 0 Å². The number of benzene rings is 7. The quantitative estimate of drug-likeness (QED) is 0.194. The van der Waals surface area contributed by atoms with E-state index < -0.39 is 0 Å². The van der Waals surface area contributed by atoms with Crippen molar-refractivity contribution >= 4 is 54.3 Å². The van der Waals surface area contributed by atoms with Crippen molar-refractivity contribution in [3.63, 3.8) is 0 Å². The average molecular weight is 627 g/mol. The van der Waals surface area contributed by atoms with Crippen LogP contribution in [0, 0.1) is 0 Å². The van der Waals surface area contributed by atoms with Crippen LogP contribution in [0.1, 0.15) is 0 Å². The van der Waals surface area contributed by atoms with Crippen LogP contribution in [0.4, 0.5) is 0 Å². The van der Waals surface area contributed by atoms with Crippen molar-refractivity contribution in [2.45, 2.75) is 0 Å². The molecule has 0 spiro atoms. The number of aromatic nitrogens is 4. The van der Waals surface area contributed by atoms with Crippen LogP contribution < -0.4 is 0 Å². The third-order valence-electron chi connectivity index (χ3n) is 9.43. The van der Waals surface area contributed by atoms with Gasteiger partial charge in [-0.1, -0.05) is 121 Å². The van der Waals surface area contributed by atoms with Gasteiger partial charge in [-0.05, 0) is 62.3 Å². The van der Waals surface area contributed by atoms with Gasteiger partial charge in [0.15, 0.2) is 23.1 Å². The van der Waals surface area contributed by atoms with Gasteiger partial charge in [-0.25, -0.2) is 15.0 Å². The van der Waals surface area contributed by atoms with E-state index in [0.717, 1.165) is 76.7 Å². The van der Waals surface area contributed by atoms with E-state index in [1.165, 1.54) is 5.39 Å². The van der Waals surface area contributed by atoms with E-state index in [1.54, 1.807) is 6.20 Å². The summed E-state index contributed by atoms with van der Waals surface area (Å²) in [5.74, 6) is 1.91. The summed E-state index contributed by atoms with van der Waals surface area (Å²) in [6, 6.07) is 50.5. The zero-order valence-electron chi connectivity index (χ0n) is 26.2. The summed E-state index contributed by atoms with van der Waals surface area (Å²) < 4.78 is 6.36. The van der Waals surface area contributed by atoms with Crippen LogP contribution in [0.3, 0.4) is 0 Å². The Morgan fingerprint density at radius 1 is 0.388 bits per heavy atom. The topological polar surface area (TPSA) is 64.7 Å². The molecule has 3 heterocycles. The lowest BCUT2D eigenvalue weighted by atomic mass is 9.91. The molecule has 0 aliphatic heterocycles. The SMILES string of the molecule is c1ccc(-c2nc(-c3ccc4ccccc4c3)nc(-c3ccc(-c4cccc5c4ccc4c6ccncc6oc54)c4ccccc34)n2)cc1. The molecule has 3 aromatic heterocycles. The maximum absolute atomic E-state index is 6.36. The normalized spacial score (nSPS) is 11.7. The second-order valence-corrected chi connectivity index (χ2v) is 12.3. The summed E-state index contributed by atoms with van der Waals surface area (Å²) in [7, 11) is 0. The van der Waals surface area contributed by atoms with Crippen LogP contribution in [-0.4, -0.2) is 19.9 Å². The molecule has 10 rings (SSSR count). The van der Waals surface area contributed by atoms with Crippen molar-refractivity contribution in [1.29, 1.82) is 0 Å². The fourth-order valence-electron chi connectivity index (χ4n) is 7.08. The molecule has 0 radical (unpaired) electrons. The number of furan rings is 1. The number of hydrogen-bond donors (Lipinski definition) is 0. The standard InChI is InChI=1S/C44H26N4O/c1-2-10-28(11-3-1)42-46-43(30-18-17-27-9-4-5-12-29(27)25-30)48-44(47-42)39-22-20-34(31-13-6-7-14-33(31)39)32-15-8-16-37-35(32)19-21-38-36-23-24-45-26-40(36)49-41(37)38/h1-26H. The molecular formula is C44H26N4O. The van der Waals surface area contributed by atoms with Crippen molar-refractivity contribution in [2.24, 2.45) is 0 Å². The monoisotopic (exact) mass is 626 g/mol. The maximum Gasteiger partial charge on any atom is 0.164 e. The third kappa shape index (κ3) is 4.48. The Kier molecular flexibility index (Phi) is 6.11. The highest BCUT2D eigenvalue weighted by Crippen LogP contribution is 2.41. The molecule has 5 heteroatoms. The highest BCUT2D eigenvalue weighted by atomic mass is 16.3. The lowest BCUT2D eigenvalue weighted by molar-refractivity contribution is 0.670. The van der Waals surface area contributed by atoms with Gasteiger partial charge >= 0.3 is 0 Å². The van der Waals surface area contributed by atoms with E-state index in [4.69, 9.17) is 19.4 Å². The minimum atomic E-state index is 0.635. The van der Waals surface area contributed by atoms with Gasteiger partial charge in [0.05, 0.1) is 6.20 Å². The first-order chi connectivity index (χ1) is 24.3. The molecule has 228 valence electrons. The summed E-state index contributed by atoms with van der Waals surface area (Å²) in [5, 5.41) is 8.88. The van der Waals surface area contributed by atoms with Crippen LogP contribution in [0.15, 0.2) is 162 Å². The summed E-state index contributed by atoms with van der Waals surface area (Å²) in [6.07, 6.45) is 3.60. The Morgan fingerprint density at radius 2 is 1.02 bits per heavy atom. The van der Waals surface area contributed by atoms with Crippen LogP contribution >= 0.6 is 0 Å². The number of pyridine rings is 1. The fourth-order valence-corrected chi connectivity index (χ4v) is 7.08. The number of rotatable bonds is 4. The Labute approximate surface area is 281 Å². The molecule has 10 aromatic rings. The molecule has 5 nitrogen and oxygen atoms in total. The van der Waals surface area contributed by atoms with E-state index in [0.29, 0.717) is 17.5 Å². The molecule has 0 saturated carbocycles. The van der Waals surface area contributed by atoms with Crippen molar-refractivity contribution in [1.82, 2.24) is 19.9 Å². The molecular weight excluding hydrogens is 601 g/mol. The van der Waals surface area contributed by atoms with Gasteiger partial charge in [-0.15, -0.1) is 0 Å². The molecule has 0 saturated heterocycles. The van der Waals surface area contributed by atoms with Gasteiger partial charge in [0, 0.05) is 39.0 Å². The zero-order valence-corrected chi connectivity index (χ0v) is 26.2. The smallest absolute Gasteiger partial charge is 0.164 e. The minimum Gasteiger partial charge on any atom is -0.454 e. The van der Waals surface area contributed by atoms with Gasteiger partial charge in [0.25, 0.3) is 0 Å². The minimum absolute atomic E-state index is 0.635. The maximum atomic E-state index is 6.36. The van der Waals surface area contributed by atoms with Crippen molar-refractivity contribution in [3.8, 4) is 45.3 Å². The Morgan fingerprint density at radius 3 is 1.90 bits per heavy atom. The number of hydrogen-bond acceptors (Lipinski definition) is 5. The first-order valence-corrected chi connectivity index (χ1v) is 16.3. The van der Waals surface area contributed by atoms with Crippen molar-refractivity contribution in [3.05, 3.63) is 158 Å². The van der Waals surface area contributed by atoms with Crippen LogP contribution in [0.25, 0.3) is 99.5 Å². The summed E-state index contributed by atoms with van der Waals surface area (Å²) >= 11 is 0. The van der Waals surface area contributed by atoms with Gasteiger partial charge in [-0.3, -0.25) is 4.98 Å². The van der Waals surface area contributed by atoms with E-state index >= 15 is 0 Å². The molecule has 7 aromatic carbocycles. The van der Waals surface area contributed by atoms with E-state index in [2.05, 4.69) is 114 Å². The Hall–Kier alpha value is -6.72. The van der Waals surface area contributed by atoms with Gasteiger partial charge in [-0.2, -0.15) is 0 Å². The second-order valence-electron chi connectivity index (χ2n) is 12.3. The highest BCUT2D eigenvalue weighted by molar-refractivity contribution is 6.18. The van der Waals surface area contributed by atoms with Crippen LogP contribution in [-0.2, 0) is 0 Å². The van der Waals surface area contributed by atoms with Crippen molar-refractivity contribution < 1.29 is 4.42 Å². The Bertz CT molecular complexity index is 2890. The molecule has 0 fully saturated rings. The fraction of sp³-hybridized carbons (Fsp3) is 0. The molecule has 0 bridgehead atoms. The Balaban J connectivity index is 1.18. The van der Waals surface area contributed by atoms with E-state index in [-0.39, 0.29) is 0 Å². The number of fused-ring (bicyclic) bond motifs is 7. The second kappa shape index (κ2) is 10.9. The van der Waals surface area contributed by atoms with Gasteiger partial charge in [0.2, 0.25) is 0 Å². The molecule has 0 N–H and O–H groups in total. The summed E-state index contributed by atoms with van der Waals surface area (Å²) in [5.41, 5.74) is 6.78. The van der Waals surface area contributed by atoms with Gasteiger partial charge < -0.3 is 4.42 Å². The van der Waals surface area contributed by atoms with Gasteiger partial charge in [0.1, 0.15) is 5.58 Å². The zero-order chi connectivity index (χ0) is 32.3. The molecule has 49 heavy (non-hydrogen) atoms. The molecule has 0 amide bonds. The molecule has 0 aliphatic rings. The van der Waals surface area contributed by atoms with Crippen molar-refractivity contribution in [2.75, 3.05) is 0 Å². The first-order valence-electron chi connectivity index (χ1n) is 16.3. The molecule has 0 unspecified atom stereocenters. The number of nitrogens with zero attached hydrogens (tertiary/aromatic N) is 4. The summed E-state index contributed by atoms with van der Waals surface area (Å²) in [4.78, 5) is 19.5. The average Bonchev–Trinajstić information content (AvgIpc) is 3.57. The lowest BCUT2D eigenvalue weighted by Crippen LogP contribution is -2.01. The van der Waals surface area contributed by atoms with E-state index in [9.17, 15) is 0 Å². The van der Waals surface area contributed by atoms with E-state index in [1.807, 2.05) is 42.6 Å². The largest absolute Gasteiger partial charge is 0.454 e. The summed E-state index contributed by atoms with van der Waals surface area (Å²) in [6.45, 7) is 0. The predicted octanol–water partition coefficient (Wildman–Crippen LogP) is 11.3. The first kappa shape index (κ1) is 27.4. The molecule has 0 atom stereocenters.